The molecule has 1 rings (SSSR count). The lowest BCUT2D eigenvalue weighted by atomic mass is 9.95. The van der Waals surface area contributed by atoms with Gasteiger partial charge in [-0.2, -0.15) is 0 Å². The molecule has 0 aromatic heterocycles. The highest BCUT2D eigenvalue weighted by Gasteiger charge is 2.32. The van der Waals surface area contributed by atoms with E-state index in [1.54, 1.807) is 6.92 Å². The fourth-order valence-corrected chi connectivity index (χ4v) is 2.40. The Bertz CT molecular complexity index is 281. The number of amides is 1. The van der Waals surface area contributed by atoms with Gasteiger partial charge in [-0.25, -0.2) is 0 Å². The van der Waals surface area contributed by atoms with Gasteiger partial charge in [-0.05, 0) is 32.2 Å². The maximum absolute atomic E-state index is 12.0. The summed E-state index contributed by atoms with van der Waals surface area (Å²) in [6, 6.07) is -0.186. The van der Waals surface area contributed by atoms with Crippen molar-refractivity contribution in [2.24, 2.45) is 17.6 Å². The van der Waals surface area contributed by atoms with Crippen LogP contribution in [0.2, 0.25) is 0 Å². The van der Waals surface area contributed by atoms with Gasteiger partial charge < -0.3 is 15.8 Å². The molecule has 0 bridgehead atoms. The van der Waals surface area contributed by atoms with Gasteiger partial charge in [-0.3, -0.25) is 9.59 Å². The summed E-state index contributed by atoms with van der Waals surface area (Å²) in [4.78, 5) is 23.0. The fourth-order valence-electron chi connectivity index (χ4n) is 2.40. The molecule has 1 saturated carbocycles. The van der Waals surface area contributed by atoms with Crippen molar-refractivity contribution < 1.29 is 14.3 Å². The lowest BCUT2D eigenvalue weighted by molar-refractivity contribution is -0.141. The molecule has 1 aliphatic rings. The van der Waals surface area contributed by atoms with Crippen LogP contribution in [0.25, 0.3) is 0 Å². The van der Waals surface area contributed by atoms with E-state index in [9.17, 15) is 9.59 Å². The summed E-state index contributed by atoms with van der Waals surface area (Å²) in [5.74, 6) is 0.0226. The van der Waals surface area contributed by atoms with Crippen molar-refractivity contribution in [2.45, 2.75) is 38.6 Å². The van der Waals surface area contributed by atoms with Crippen LogP contribution in [0.3, 0.4) is 0 Å². The number of hydrogen-bond acceptors (Lipinski definition) is 4. The Labute approximate surface area is 102 Å². The second-order valence-corrected chi connectivity index (χ2v) is 4.72. The minimum atomic E-state index is -0.306. The second kappa shape index (κ2) is 6.59. The zero-order chi connectivity index (χ0) is 12.8. The number of nitrogens with one attached hydrogen (secondary N) is 1. The number of nitrogens with two attached hydrogens (primary N) is 1. The van der Waals surface area contributed by atoms with Crippen molar-refractivity contribution in [3.8, 4) is 0 Å². The molecular weight excluding hydrogens is 220 g/mol. The van der Waals surface area contributed by atoms with Crippen LogP contribution in [0, 0.1) is 11.8 Å². The lowest BCUT2D eigenvalue weighted by Crippen LogP contribution is -2.40. The van der Waals surface area contributed by atoms with Gasteiger partial charge in [0.1, 0.15) is 0 Å². The Morgan fingerprint density at radius 3 is 2.76 bits per heavy atom. The van der Waals surface area contributed by atoms with Crippen LogP contribution in [0.5, 0.6) is 0 Å². The highest BCUT2D eigenvalue weighted by atomic mass is 16.5. The monoisotopic (exact) mass is 242 g/mol. The normalized spacial score (nSPS) is 25.4. The average molecular weight is 242 g/mol. The van der Waals surface area contributed by atoms with Crippen molar-refractivity contribution in [2.75, 3.05) is 13.7 Å². The van der Waals surface area contributed by atoms with Crippen LogP contribution in [-0.4, -0.2) is 31.6 Å². The van der Waals surface area contributed by atoms with Gasteiger partial charge in [0.25, 0.3) is 0 Å². The first-order valence-corrected chi connectivity index (χ1v) is 6.15. The molecule has 0 aromatic rings. The molecule has 1 fully saturated rings. The molecule has 0 radical (unpaired) electrons. The first-order valence-electron chi connectivity index (χ1n) is 6.15. The van der Waals surface area contributed by atoms with Crippen LogP contribution in [0.4, 0.5) is 0 Å². The van der Waals surface area contributed by atoms with E-state index in [1.807, 2.05) is 0 Å². The predicted molar refractivity (Wildman–Crippen MR) is 64.1 cm³/mol. The van der Waals surface area contributed by atoms with Gasteiger partial charge in [0, 0.05) is 12.0 Å². The molecule has 3 atom stereocenters. The SMILES string of the molecule is COC(=O)CC(C)NC(=O)[C@@H]1CCC[C@@H]1CN. The third kappa shape index (κ3) is 4.00. The number of esters is 1. The molecule has 17 heavy (non-hydrogen) atoms. The quantitative estimate of drug-likeness (QED) is 0.685. The van der Waals surface area contributed by atoms with E-state index < -0.39 is 0 Å². The smallest absolute Gasteiger partial charge is 0.307 e. The van der Waals surface area contributed by atoms with Crippen molar-refractivity contribution >= 4 is 11.9 Å². The molecule has 0 spiro atoms. The summed E-state index contributed by atoms with van der Waals surface area (Å²) in [5, 5.41) is 2.86. The van der Waals surface area contributed by atoms with Crippen molar-refractivity contribution in [1.29, 1.82) is 0 Å². The fraction of sp³-hybridized carbons (Fsp3) is 0.833. The molecule has 1 aliphatic carbocycles. The molecule has 1 unspecified atom stereocenters. The van der Waals surface area contributed by atoms with E-state index in [4.69, 9.17) is 5.73 Å². The van der Waals surface area contributed by atoms with Crippen molar-refractivity contribution in [1.82, 2.24) is 5.32 Å². The van der Waals surface area contributed by atoms with Gasteiger partial charge in [0.05, 0.1) is 13.5 Å². The number of ether oxygens (including phenoxy) is 1. The summed E-state index contributed by atoms with van der Waals surface area (Å²) >= 11 is 0. The van der Waals surface area contributed by atoms with Crippen LogP contribution >= 0.6 is 0 Å². The minimum absolute atomic E-state index is 0.0140. The van der Waals surface area contributed by atoms with E-state index in [2.05, 4.69) is 10.1 Å². The summed E-state index contributed by atoms with van der Waals surface area (Å²) in [6.07, 6.45) is 3.20. The Hall–Kier alpha value is -1.10. The van der Waals surface area contributed by atoms with Crippen LogP contribution in [0.15, 0.2) is 0 Å². The Morgan fingerprint density at radius 2 is 2.18 bits per heavy atom. The number of hydrogen-bond donors (Lipinski definition) is 2. The van der Waals surface area contributed by atoms with Gasteiger partial charge in [0.15, 0.2) is 0 Å². The zero-order valence-electron chi connectivity index (χ0n) is 10.6. The van der Waals surface area contributed by atoms with Crippen LogP contribution in [0.1, 0.15) is 32.6 Å². The number of carbonyl (C=O) groups excluding carboxylic acids is 2. The van der Waals surface area contributed by atoms with Crippen molar-refractivity contribution in [3.05, 3.63) is 0 Å². The second-order valence-electron chi connectivity index (χ2n) is 4.72. The Kier molecular flexibility index (Phi) is 5.41. The molecule has 98 valence electrons. The summed E-state index contributed by atoms with van der Waals surface area (Å²) in [6.45, 7) is 2.37. The standard InChI is InChI=1S/C12H22N2O3/c1-8(6-11(15)17-2)14-12(16)10-5-3-4-9(10)7-13/h8-10H,3-7,13H2,1-2H3,(H,14,16)/t8?,9-,10-/m1/s1. The van der Waals surface area contributed by atoms with Gasteiger partial charge in [-0.1, -0.05) is 6.42 Å². The Balaban J connectivity index is 2.40. The number of methoxy groups -OCH3 is 1. The zero-order valence-corrected chi connectivity index (χ0v) is 10.6. The van der Waals surface area contributed by atoms with Crippen LogP contribution < -0.4 is 11.1 Å². The Morgan fingerprint density at radius 1 is 1.47 bits per heavy atom. The first kappa shape index (κ1) is 14.0. The summed E-state index contributed by atoms with van der Waals surface area (Å²) in [7, 11) is 1.35. The molecule has 0 heterocycles. The predicted octanol–water partition coefficient (Wildman–Crippen LogP) is 0.429. The van der Waals surface area contributed by atoms with E-state index in [-0.39, 0.29) is 30.3 Å². The molecular formula is C12H22N2O3. The molecule has 3 N–H and O–H groups in total. The highest BCUT2D eigenvalue weighted by Crippen LogP contribution is 2.31. The largest absolute Gasteiger partial charge is 0.469 e. The third-order valence-corrected chi connectivity index (χ3v) is 3.39. The van der Waals surface area contributed by atoms with Crippen molar-refractivity contribution in [3.63, 3.8) is 0 Å². The van der Waals surface area contributed by atoms with Gasteiger partial charge in [0.2, 0.25) is 5.91 Å². The van der Waals surface area contributed by atoms with E-state index in [0.717, 1.165) is 19.3 Å². The lowest BCUT2D eigenvalue weighted by Gasteiger charge is -2.20. The van der Waals surface area contributed by atoms with E-state index in [0.29, 0.717) is 12.5 Å². The maximum atomic E-state index is 12.0. The minimum Gasteiger partial charge on any atom is -0.469 e. The first-order chi connectivity index (χ1) is 8.08. The van der Waals surface area contributed by atoms with Crippen LogP contribution in [-0.2, 0) is 14.3 Å². The number of carbonyl (C=O) groups is 2. The molecule has 0 aliphatic heterocycles. The molecule has 0 aromatic carbocycles. The topological polar surface area (TPSA) is 81.4 Å². The average Bonchev–Trinajstić information content (AvgIpc) is 2.76. The molecule has 0 saturated heterocycles. The maximum Gasteiger partial charge on any atom is 0.307 e. The molecule has 5 nitrogen and oxygen atoms in total. The third-order valence-electron chi connectivity index (χ3n) is 3.39. The highest BCUT2D eigenvalue weighted by molar-refractivity contribution is 5.80. The van der Waals surface area contributed by atoms with E-state index in [1.165, 1.54) is 7.11 Å². The number of rotatable bonds is 5. The van der Waals surface area contributed by atoms with Gasteiger partial charge in [-0.15, -0.1) is 0 Å². The van der Waals surface area contributed by atoms with E-state index >= 15 is 0 Å². The molecule has 5 heteroatoms. The van der Waals surface area contributed by atoms with Gasteiger partial charge >= 0.3 is 5.97 Å². The summed E-state index contributed by atoms with van der Waals surface area (Å²) < 4.78 is 4.56. The molecule has 1 amide bonds. The summed E-state index contributed by atoms with van der Waals surface area (Å²) in [5.41, 5.74) is 5.64.